The third-order valence-electron chi connectivity index (χ3n) is 2.93. The molecule has 2 rings (SSSR count). The minimum Gasteiger partial charge on any atom is -0.453 e. The standard InChI is InChI=1S/C14H17N5O3/c1-9-4-5-10(2)11(6-9)15-13(20)8-19-7-12(17-18-19)16-14(21)22-3/h4-7H,8H2,1-3H3,(H,15,20)(H,16,21). The number of carbonyl (C=O) groups is 2. The fraction of sp³-hybridized carbons (Fsp3) is 0.286. The van der Waals surface area contributed by atoms with E-state index in [4.69, 9.17) is 0 Å². The number of nitrogens with zero attached hydrogens (tertiary/aromatic N) is 3. The van der Waals surface area contributed by atoms with Crippen molar-refractivity contribution in [1.82, 2.24) is 15.0 Å². The van der Waals surface area contributed by atoms with Crippen molar-refractivity contribution >= 4 is 23.5 Å². The molecule has 1 aromatic carbocycles. The Labute approximate surface area is 127 Å². The fourth-order valence-corrected chi connectivity index (χ4v) is 1.80. The quantitative estimate of drug-likeness (QED) is 0.896. The molecule has 0 saturated carbocycles. The topological polar surface area (TPSA) is 98.1 Å². The Hall–Kier alpha value is -2.90. The number of benzene rings is 1. The summed E-state index contributed by atoms with van der Waals surface area (Å²) < 4.78 is 5.77. The van der Waals surface area contributed by atoms with Crippen LogP contribution in [0.3, 0.4) is 0 Å². The Morgan fingerprint density at radius 1 is 1.27 bits per heavy atom. The minimum atomic E-state index is -0.646. The zero-order chi connectivity index (χ0) is 16.1. The van der Waals surface area contributed by atoms with Crippen LogP contribution in [0.5, 0.6) is 0 Å². The van der Waals surface area contributed by atoms with Gasteiger partial charge in [-0.1, -0.05) is 17.3 Å². The molecular formula is C14H17N5O3. The van der Waals surface area contributed by atoms with Crippen molar-refractivity contribution in [2.24, 2.45) is 0 Å². The van der Waals surface area contributed by atoms with E-state index in [2.05, 4.69) is 25.7 Å². The van der Waals surface area contributed by atoms with Gasteiger partial charge in [0.2, 0.25) is 5.91 Å². The molecular weight excluding hydrogens is 286 g/mol. The monoisotopic (exact) mass is 303 g/mol. The van der Waals surface area contributed by atoms with E-state index in [-0.39, 0.29) is 18.3 Å². The molecule has 8 nitrogen and oxygen atoms in total. The van der Waals surface area contributed by atoms with Gasteiger partial charge in [-0.25, -0.2) is 9.48 Å². The molecule has 0 aliphatic rings. The molecule has 1 aromatic heterocycles. The highest BCUT2D eigenvalue weighted by molar-refractivity contribution is 5.91. The fourth-order valence-electron chi connectivity index (χ4n) is 1.80. The summed E-state index contributed by atoms with van der Waals surface area (Å²) >= 11 is 0. The first-order valence-electron chi connectivity index (χ1n) is 6.60. The number of hydrogen-bond donors (Lipinski definition) is 2. The maximum atomic E-state index is 12.0. The summed E-state index contributed by atoms with van der Waals surface area (Å²) in [5.41, 5.74) is 2.80. The average molecular weight is 303 g/mol. The summed E-state index contributed by atoms with van der Waals surface area (Å²) in [4.78, 5) is 23.1. The van der Waals surface area contributed by atoms with Gasteiger partial charge in [-0.2, -0.15) is 0 Å². The van der Waals surface area contributed by atoms with E-state index >= 15 is 0 Å². The Morgan fingerprint density at radius 3 is 2.77 bits per heavy atom. The number of methoxy groups -OCH3 is 1. The highest BCUT2D eigenvalue weighted by Gasteiger charge is 2.09. The molecule has 8 heteroatoms. The second-order valence-electron chi connectivity index (χ2n) is 4.78. The maximum Gasteiger partial charge on any atom is 0.412 e. The van der Waals surface area contributed by atoms with Crippen LogP contribution < -0.4 is 10.6 Å². The maximum absolute atomic E-state index is 12.0. The first-order chi connectivity index (χ1) is 10.5. The summed E-state index contributed by atoms with van der Waals surface area (Å²) in [5.74, 6) is -0.0189. The first-order valence-corrected chi connectivity index (χ1v) is 6.60. The highest BCUT2D eigenvalue weighted by Crippen LogP contribution is 2.16. The van der Waals surface area contributed by atoms with E-state index in [0.29, 0.717) is 0 Å². The van der Waals surface area contributed by atoms with Crippen molar-refractivity contribution in [3.05, 3.63) is 35.5 Å². The van der Waals surface area contributed by atoms with E-state index in [0.717, 1.165) is 16.8 Å². The predicted octanol–water partition coefficient (Wildman–Crippen LogP) is 1.71. The Morgan fingerprint density at radius 2 is 2.05 bits per heavy atom. The molecule has 0 saturated heterocycles. The molecule has 0 aliphatic carbocycles. The number of amides is 2. The van der Waals surface area contributed by atoms with Gasteiger partial charge in [0, 0.05) is 5.69 Å². The minimum absolute atomic E-state index is 0.0107. The molecule has 22 heavy (non-hydrogen) atoms. The second-order valence-corrected chi connectivity index (χ2v) is 4.78. The van der Waals surface area contributed by atoms with Crippen molar-refractivity contribution in [2.75, 3.05) is 17.7 Å². The Kier molecular flexibility index (Phi) is 4.72. The zero-order valence-corrected chi connectivity index (χ0v) is 12.6. The van der Waals surface area contributed by atoms with E-state index < -0.39 is 6.09 Å². The summed E-state index contributed by atoms with van der Waals surface area (Å²) in [7, 11) is 1.25. The molecule has 0 bridgehead atoms. The SMILES string of the molecule is COC(=O)Nc1cn(CC(=O)Nc2cc(C)ccc2C)nn1. The second kappa shape index (κ2) is 6.70. The largest absolute Gasteiger partial charge is 0.453 e. The van der Waals surface area contributed by atoms with Crippen LogP contribution in [0.15, 0.2) is 24.4 Å². The third-order valence-corrected chi connectivity index (χ3v) is 2.93. The number of aryl methyl sites for hydroxylation is 2. The summed E-state index contributed by atoms with van der Waals surface area (Å²) in [6.45, 7) is 3.86. The van der Waals surface area contributed by atoms with Gasteiger partial charge in [-0.3, -0.25) is 10.1 Å². The van der Waals surface area contributed by atoms with Gasteiger partial charge < -0.3 is 10.1 Å². The van der Waals surface area contributed by atoms with E-state index in [1.807, 2.05) is 32.0 Å². The van der Waals surface area contributed by atoms with Crippen LogP contribution in [0.1, 0.15) is 11.1 Å². The zero-order valence-electron chi connectivity index (χ0n) is 12.6. The molecule has 0 aliphatic heterocycles. The van der Waals surface area contributed by atoms with Crippen molar-refractivity contribution in [2.45, 2.75) is 20.4 Å². The van der Waals surface area contributed by atoms with E-state index in [9.17, 15) is 9.59 Å². The molecule has 0 atom stereocenters. The van der Waals surface area contributed by atoms with Gasteiger partial charge in [0.25, 0.3) is 0 Å². The Balaban J connectivity index is 1.97. The molecule has 1 heterocycles. The lowest BCUT2D eigenvalue weighted by molar-refractivity contribution is -0.116. The highest BCUT2D eigenvalue weighted by atomic mass is 16.5. The molecule has 116 valence electrons. The van der Waals surface area contributed by atoms with Gasteiger partial charge in [0.1, 0.15) is 6.54 Å². The van der Waals surface area contributed by atoms with Crippen LogP contribution in [0.2, 0.25) is 0 Å². The summed E-state index contributed by atoms with van der Waals surface area (Å²) in [5, 5.41) is 12.7. The van der Waals surface area contributed by atoms with Gasteiger partial charge in [0.05, 0.1) is 13.3 Å². The van der Waals surface area contributed by atoms with Crippen LogP contribution in [0.4, 0.5) is 16.3 Å². The van der Waals surface area contributed by atoms with Gasteiger partial charge in [-0.15, -0.1) is 5.10 Å². The van der Waals surface area contributed by atoms with Gasteiger partial charge in [0.15, 0.2) is 5.82 Å². The number of carbonyl (C=O) groups excluding carboxylic acids is 2. The van der Waals surface area contributed by atoms with Gasteiger partial charge in [-0.05, 0) is 31.0 Å². The predicted molar refractivity (Wildman–Crippen MR) is 80.6 cm³/mol. The molecule has 2 N–H and O–H groups in total. The summed E-state index contributed by atoms with van der Waals surface area (Å²) in [6, 6.07) is 5.82. The smallest absolute Gasteiger partial charge is 0.412 e. The number of anilines is 2. The summed E-state index contributed by atoms with van der Waals surface area (Å²) in [6.07, 6.45) is 0.798. The first kappa shape index (κ1) is 15.5. The van der Waals surface area contributed by atoms with Crippen LogP contribution in [-0.4, -0.2) is 34.1 Å². The average Bonchev–Trinajstić information content (AvgIpc) is 2.89. The normalized spacial score (nSPS) is 10.1. The number of ether oxygens (including phenoxy) is 1. The van der Waals surface area contributed by atoms with Crippen molar-refractivity contribution in [1.29, 1.82) is 0 Å². The lowest BCUT2D eigenvalue weighted by atomic mass is 10.1. The Bertz CT molecular complexity index is 696. The molecule has 2 aromatic rings. The van der Waals surface area contributed by atoms with Crippen molar-refractivity contribution in [3.63, 3.8) is 0 Å². The van der Waals surface area contributed by atoms with Crippen LogP contribution >= 0.6 is 0 Å². The molecule has 0 spiro atoms. The molecule has 2 amide bonds. The third kappa shape index (κ3) is 4.05. The van der Waals surface area contributed by atoms with Crippen LogP contribution in [0, 0.1) is 13.8 Å². The lowest BCUT2D eigenvalue weighted by Gasteiger charge is -2.09. The number of hydrogen-bond acceptors (Lipinski definition) is 5. The van der Waals surface area contributed by atoms with Crippen molar-refractivity contribution < 1.29 is 14.3 Å². The van der Waals surface area contributed by atoms with E-state index in [1.165, 1.54) is 18.0 Å². The van der Waals surface area contributed by atoms with Crippen LogP contribution in [-0.2, 0) is 16.1 Å². The van der Waals surface area contributed by atoms with E-state index in [1.54, 1.807) is 0 Å². The number of rotatable bonds is 4. The van der Waals surface area contributed by atoms with Gasteiger partial charge >= 0.3 is 6.09 Å². The molecule has 0 radical (unpaired) electrons. The van der Waals surface area contributed by atoms with Crippen LogP contribution in [0.25, 0.3) is 0 Å². The number of aromatic nitrogens is 3. The van der Waals surface area contributed by atoms with Crippen molar-refractivity contribution in [3.8, 4) is 0 Å². The molecule has 0 unspecified atom stereocenters. The molecule has 0 fully saturated rings. The number of nitrogens with one attached hydrogen (secondary N) is 2. The lowest BCUT2D eigenvalue weighted by Crippen LogP contribution is -2.19.